The number of hydrogen-bond donors (Lipinski definition) is 4. The van der Waals surface area contributed by atoms with E-state index in [1.165, 1.54) is 11.2 Å². The summed E-state index contributed by atoms with van der Waals surface area (Å²) < 4.78 is 1.62. The fourth-order valence-corrected chi connectivity index (χ4v) is 3.12. The minimum absolute atomic E-state index is 0.163. The van der Waals surface area contributed by atoms with Crippen molar-refractivity contribution in [2.45, 2.75) is 39.3 Å². The number of nitrogens with one attached hydrogen (secondary N) is 2. The summed E-state index contributed by atoms with van der Waals surface area (Å²) in [6, 6.07) is 7.39. The number of nitrogens with two attached hydrogens (primary N) is 2. The van der Waals surface area contributed by atoms with Gasteiger partial charge in [-0.1, -0.05) is 17.3 Å². The van der Waals surface area contributed by atoms with Crippen LogP contribution in [0.15, 0.2) is 61.1 Å². The highest BCUT2D eigenvalue weighted by molar-refractivity contribution is 5.91. The molecule has 6 N–H and O–H groups in total. The van der Waals surface area contributed by atoms with E-state index in [9.17, 15) is 9.59 Å². The molecule has 35 heavy (non-hydrogen) atoms. The van der Waals surface area contributed by atoms with E-state index in [1.807, 2.05) is 31.2 Å². The Morgan fingerprint density at radius 1 is 1.17 bits per heavy atom. The van der Waals surface area contributed by atoms with Crippen molar-refractivity contribution in [2.75, 3.05) is 6.54 Å². The summed E-state index contributed by atoms with van der Waals surface area (Å²) in [4.78, 5) is 32.5. The van der Waals surface area contributed by atoms with Crippen molar-refractivity contribution in [1.29, 1.82) is 0 Å². The number of carbonyl (C=O) groups is 2. The molecule has 12 heteroatoms. The van der Waals surface area contributed by atoms with Gasteiger partial charge in [0.25, 0.3) is 5.91 Å². The van der Waals surface area contributed by atoms with Gasteiger partial charge in [-0.3, -0.25) is 24.2 Å². The van der Waals surface area contributed by atoms with Crippen molar-refractivity contribution in [1.82, 2.24) is 40.6 Å². The molecule has 184 valence electrons. The number of hydrogen-bond acceptors (Lipinski definition) is 9. The molecular formula is C23H30N10O2. The molecule has 3 heterocycles. The Kier molecular flexibility index (Phi) is 9.25. The van der Waals surface area contributed by atoms with E-state index in [2.05, 4.69) is 30.9 Å². The third-order valence-electron chi connectivity index (χ3n) is 4.93. The zero-order valence-electron chi connectivity index (χ0n) is 19.6. The highest BCUT2D eigenvalue weighted by atomic mass is 16.2. The Balaban J connectivity index is 1.33. The average molecular weight is 479 g/mol. The zero-order valence-corrected chi connectivity index (χ0v) is 19.6. The van der Waals surface area contributed by atoms with Crippen LogP contribution in [-0.2, 0) is 24.3 Å². The number of aryl methyl sites for hydroxylation is 2. The minimum atomic E-state index is -0.297. The number of aromatic nitrogens is 5. The van der Waals surface area contributed by atoms with Gasteiger partial charge in [0.1, 0.15) is 5.82 Å². The van der Waals surface area contributed by atoms with Gasteiger partial charge in [0.2, 0.25) is 5.91 Å². The predicted octanol–water partition coefficient (Wildman–Crippen LogP) is 0.379. The van der Waals surface area contributed by atoms with E-state index in [-0.39, 0.29) is 29.8 Å². The van der Waals surface area contributed by atoms with E-state index >= 15 is 0 Å². The maximum absolute atomic E-state index is 12.2. The summed E-state index contributed by atoms with van der Waals surface area (Å²) >= 11 is 0. The van der Waals surface area contributed by atoms with E-state index < -0.39 is 0 Å². The second-order valence-corrected chi connectivity index (χ2v) is 7.97. The van der Waals surface area contributed by atoms with Crippen molar-refractivity contribution in [2.24, 2.45) is 11.6 Å². The summed E-state index contributed by atoms with van der Waals surface area (Å²) in [7, 11) is 0. The molecule has 0 aromatic carbocycles. The van der Waals surface area contributed by atoms with Crippen molar-refractivity contribution < 1.29 is 9.59 Å². The maximum atomic E-state index is 12.2. The lowest BCUT2D eigenvalue weighted by Crippen LogP contribution is -2.34. The van der Waals surface area contributed by atoms with Crippen molar-refractivity contribution >= 4 is 11.8 Å². The van der Waals surface area contributed by atoms with Crippen LogP contribution in [0.3, 0.4) is 0 Å². The third-order valence-corrected chi connectivity index (χ3v) is 4.93. The maximum Gasteiger partial charge on any atom is 0.273 e. The van der Waals surface area contributed by atoms with Gasteiger partial charge in [-0.15, -0.1) is 5.10 Å². The molecule has 2 amide bonds. The number of amides is 2. The number of unbranched alkanes of at least 4 members (excludes halogenated alkanes) is 1. The molecule has 0 fully saturated rings. The Bertz CT molecular complexity index is 1130. The molecule has 0 aliphatic heterocycles. The highest BCUT2D eigenvalue weighted by Crippen LogP contribution is 2.02. The number of nitrogens with zero attached hydrogens (tertiary/aromatic N) is 6. The predicted molar refractivity (Wildman–Crippen MR) is 129 cm³/mol. The molecular weight excluding hydrogens is 448 g/mol. The van der Waals surface area contributed by atoms with Gasteiger partial charge < -0.3 is 21.4 Å². The van der Waals surface area contributed by atoms with Gasteiger partial charge in [0.15, 0.2) is 5.69 Å². The fraction of sp³-hybridized carbons (Fsp3) is 0.304. The number of carbonyl (C=O) groups excluding carboxylic acids is 2. The molecule has 12 nitrogen and oxygen atoms in total. The van der Waals surface area contributed by atoms with Gasteiger partial charge in [-0.05, 0) is 43.0 Å². The standard InChI is InChI=1S/C23H30N10O2/c1-17-6-7-18(13-27-17)11-22(34)29-21(24)16-32(25)9-2-3-10-33-15-20(30-31-33)23(35)28-14-19-5-4-8-26-12-19/h4-8,12-13,15-16H,2-3,9-11,14,24-25H2,1H3,(H,28,35)(H,29,34)/b21-16+. The summed E-state index contributed by atoms with van der Waals surface area (Å²) in [5, 5.41) is 14.7. The molecule has 3 aromatic heterocycles. The van der Waals surface area contributed by atoms with Crippen LogP contribution in [0.25, 0.3) is 0 Å². The van der Waals surface area contributed by atoms with Crippen molar-refractivity contribution in [3.8, 4) is 0 Å². The lowest BCUT2D eigenvalue weighted by molar-refractivity contribution is -0.119. The number of hydrazine groups is 1. The van der Waals surface area contributed by atoms with Crippen LogP contribution in [0.1, 0.15) is 40.2 Å². The molecule has 0 spiro atoms. The second kappa shape index (κ2) is 12.8. The van der Waals surface area contributed by atoms with Gasteiger partial charge in [0.05, 0.1) is 18.8 Å². The lowest BCUT2D eigenvalue weighted by atomic mass is 10.2. The molecule has 0 saturated heterocycles. The van der Waals surface area contributed by atoms with E-state index in [0.717, 1.165) is 29.7 Å². The number of pyridine rings is 2. The molecule has 0 atom stereocenters. The van der Waals surface area contributed by atoms with Crippen LogP contribution in [0.2, 0.25) is 0 Å². The third kappa shape index (κ3) is 8.85. The summed E-state index contributed by atoms with van der Waals surface area (Å²) in [6.07, 6.45) is 9.79. The topological polar surface area (TPSA) is 170 Å². The first-order chi connectivity index (χ1) is 16.9. The normalized spacial score (nSPS) is 11.2. The molecule has 0 radical (unpaired) electrons. The molecule has 3 rings (SSSR count). The van der Waals surface area contributed by atoms with Gasteiger partial charge in [-0.2, -0.15) is 0 Å². The Morgan fingerprint density at radius 3 is 2.77 bits per heavy atom. The second-order valence-electron chi connectivity index (χ2n) is 7.97. The van der Waals surface area contributed by atoms with Gasteiger partial charge >= 0.3 is 0 Å². The Hall–Kier alpha value is -4.32. The molecule has 3 aromatic rings. The summed E-state index contributed by atoms with van der Waals surface area (Å²) in [5.74, 6) is 5.57. The van der Waals surface area contributed by atoms with Gasteiger partial charge in [-0.25, -0.2) is 5.84 Å². The SMILES string of the molecule is Cc1ccc(CC(=O)N/C(N)=C/N(N)CCCCn2cc(C(=O)NCc3cccnc3)nn2)cn1. The summed E-state index contributed by atoms with van der Waals surface area (Å²) in [5.41, 5.74) is 8.71. The quantitative estimate of drug-likeness (QED) is 0.163. The zero-order chi connectivity index (χ0) is 25.0. The fourth-order valence-electron chi connectivity index (χ4n) is 3.12. The van der Waals surface area contributed by atoms with Crippen LogP contribution in [0.4, 0.5) is 0 Å². The van der Waals surface area contributed by atoms with Crippen molar-refractivity contribution in [3.05, 3.63) is 83.6 Å². The Morgan fingerprint density at radius 2 is 2.03 bits per heavy atom. The lowest BCUT2D eigenvalue weighted by Gasteiger charge is -2.15. The van der Waals surface area contributed by atoms with Crippen LogP contribution in [0.5, 0.6) is 0 Å². The number of rotatable bonds is 12. The summed E-state index contributed by atoms with van der Waals surface area (Å²) in [6.45, 7) is 3.35. The highest BCUT2D eigenvalue weighted by Gasteiger charge is 2.10. The molecule has 0 bridgehead atoms. The van der Waals surface area contributed by atoms with Crippen molar-refractivity contribution in [3.63, 3.8) is 0 Å². The van der Waals surface area contributed by atoms with E-state index in [0.29, 0.717) is 19.6 Å². The Labute approximate surface area is 203 Å². The molecule has 0 unspecified atom stereocenters. The minimum Gasteiger partial charge on any atom is -0.384 e. The first kappa shape index (κ1) is 25.3. The smallest absolute Gasteiger partial charge is 0.273 e. The van der Waals surface area contributed by atoms with Gasteiger partial charge in [0, 0.05) is 43.9 Å². The van der Waals surface area contributed by atoms with Crippen LogP contribution in [-0.4, -0.2) is 48.3 Å². The first-order valence-electron chi connectivity index (χ1n) is 11.2. The monoisotopic (exact) mass is 478 g/mol. The van der Waals surface area contributed by atoms with Crippen LogP contribution >= 0.6 is 0 Å². The van der Waals surface area contributed by atoms with Crippen LogP contribution < -0.4 is 22.2 Å². The molecule has 0 aliphatic rings. The van der Waals surface area contributed by atoms with E-state index in [4.69, 9.17) is 11.6 Å². The van der Waals surface area contributed by atoms with Crippen LogP contribution in [0, 0.1) is 6.92 Å². The largest absolute Gasteiger partial charge is 0.384 e. The van der Waals surface area contributed by atoms with E-state index in [1.54, 1.807) is 29.5 Å². The average Bonchev–Trinajstić information content (AvgIpc) is 3.31. The first-order valence-corrected chi connectivity index (χ1v) is 11.2. The molecule has 0 aliphatic carbocycles. The molecule has 0 saturated carbocycles.